The molecule has 9 heteroatoms. The fraction of sp³-hybridized carbons (Fsp3) is 0.0800. The molecule has 0 radical (unpaired) electrons. The summed E-state index contributed by atoms with van der Waals surface area (Å²) in [4.78, 5) is 27.1. The van der Waals surface area contributed by atoms with Crippen molar-refractivity contribution >= 4 is 85.1 Å². The van der Waals surface area contributed by atoms with E-state index in [4.69, 9.17) is 28.6 Å². The Labute approximate surface area is 220 Å². The molecular weight excluding hydrogens is 556 g/mol. The maximum absolute atomic E-state index is 12.9. The van der Waals surface area contributed by atoms with Gasteiger partial charge in [-0.1, -0.05) is 63.6 Å². The van der Waals surface area contributed by atoms with Gasteiger partial charge in [0.05, 0.1) is 10.6 Å². The van der Waals surface area contributed by atoms with Gasteiger partial charge in [-0.15, -0.1) is 0 Å². The van der Waals surface area contributed by atoms with Crippen LogP contribution in [0.3, 0.4) is 0 Å². The second kappa shape index (κ2) is 10.7. The number of hydrogen-bond donors (Lipinski definition) is 1. The minimum absolute atomic E-state index is 0.117. The lowest BCUT2D eigenvalue weighted by Gasteiger charge is -2.14. The zero-order valence-electron chi connectivity index (χ0n) is 17.9. The summed E-state index contributed by atoms with van der Waals surface area (Å²) < 4.78 is 7.03. The van der Waals surface area contributed by atoms with Crippen molar-refractivity contribution in [3.8, 4) is 5.75 Å². The van der Waals surface area contributed by atoms with Gasteiger partial charge in [-0.3, -0.25) is 14.5 Å². The Kier molecular flexibility index (Phi) is 7.73. The van der Waals surface area contributed by atoms with Crippen molar-refractivity contribution in [2.24, 2.45) is 0 Å². The van der Waals surface area contributed by atoms with Gasteiger partial charge in [-0.2, -0.15) is 0 Å². The summed E-state index contributed by atoms with van der Waals surface area (Å²) in [7, 11) is 0. The second-order valence-corrected chi connectivity index (χ2v) is 10.3. The first kappa shape index (κ1) is 24.5. The molecule has 0 aromatic heterocycles. The third-order valence-electron chi connectivity index (χ3n) is 4.87. The number of aryl methyl sites for hydroxylation is 1. The molecule has 1 aliphatic rings. The molecule has 0 bridgehead atoms. The minimum Gasteiger partial charge on any atom is -0.484 e. The molecule has 0 aliphatic carbocycles. The van der Waals surface area contributed by atoms with Crippen LogP contribution in [0.25, 0.3) is 6.08 Å². The first-order chi connectivity index (χ1) is 16.3. The number of ether oxygens (including phenoxy) is 1. The summed E-state index contributed by atoms with van der Waals surface area (Å²) >= 11 is 16.0. The summed E-state index contributed by atoms with van der Waals surface area (Å²) in [6.07, 6.45) is 1.78. The zero-order valence-corrected chi connectivity index (χ0v) is 21.9. The molecule has 1 fully saturated rings. The molecule has 3 aromatic rings. The first-order valence-electron chi connectivity index (χ1n) is 10.1. The van der Waals surface area contributed by atoms with E-state index in [1.807, 2.05) is 37.3 Å². The quantitative estimate of drug-likeness (QED) is 0.259. The van der Waals surface area contributed by atoms with Crippen molar-refractivity contribution in [1.82, 2.24) is 0 Å². The van der Waals surface area contributed by atoms with Crippen molar-refractivity contribution < 1.29 is 14.3 Å². The third-order valence-corrected chi connectivity index (χ3v) is 7.31. The third kappa shape index (κ3) is 5.88. The van der Waals surface area contributed by atoms with Crippen LogP contribution in [0.2, 0.25) is 5.02 Å². The molecule has 0 spiro atoms. The number of anilines is 2. The van der Waals surface area contributed by atoms with Crippen LogP contribution < -0.4 is 15.0 Å². The predicted octanol–water partition coefficient (Wildman–Crippen LogP) is 6.83. The van der Waals surface area contributed by atoms with Crippen molar-refractivity contribution in [3.63, 3.8) is 0 Å². The molecule has 1 aliphatic heterocycles. The number of nitrogens with one attached hydrogen (secondary N) is 1. The zero-order chi connectivity index (χ0) is 24.2. The number of benzene rings is 3. The Morgan fingerprint density at radius 3 is 2.53 bits per heavy atom. The molecule has 172 valence electrons. The van der Waals surface area contributed by atoms with Gasteiger partial charge in [-0.25, -0.2) is 0 Å². The molecule has 4 rings (SSSR count). The number of amides is 2. The molecular formula is C25H18BrClN2O3S2. The van der Waals surface area contributed by atoms with Gasteiger partial charge in [-0.05, 0) is 78.7 Å². The van der Waals surface area contributed by atoms with Gasteiger partial charge in [0.15, 0.2) is 10.9 Å². The Balaban J connectivity index is 1.36. The van der Waals surface area contributed by atoms with Gasteiger partial charge in [0, 0.05) is 15.2 Å². The van der Waals surface area contributed by atoms with Gasteiger partial charge in [0.1, 0.15) is 5.75 Å². The predicted molar refractivity (Wildman–Crippen MR) is 147 cm³/mol. The number of halogens is 2. The van der Waals surface area contributed by atoms with E-state index in [-0.39, 0.29) is 18.4 Å². The standard InChI is InChI=1S/C25H18BrClN2O3S2/c1-15-12-18(6-11-21(15)26)28-23(30)14-32-20-9-2-16(3-10-20)13-22-24(31)29(25(33)34-22)19-7-4-17(27)5-8-19/h2-13H,14H2,1H3,(H,28,30)/b22-13-. The van der Waals surface area contributed by atoms with Gasteiger partial charge in [0.2, 0.25) is 0 Å². The molecule has 1 saturated heterocycles. The average Bonchev–Trinajstić information content (AvgIpc) is 3.09. The van der Waals surface area contributed by atoms with E-state index in [1.165, 1.54) is 16.7 Å². The molecule has 0 unspecified atom stereocenters. The maximum Gasteiger partial charge on any atom is 0.270 e. The van der Waals surface area contributed by atoms with Crippen LogP contribution in [0.4, 0.5) is 11.4 Å². The van der Waals surface area contributed by atoms with E-state index in [0.717, 1.165) is 15.6 Å². The van der Waals surface area contributed by atoms with Crippen LogP contribution >= 0.6 is 51.5 Å². The number of nitrogens with zero attached hydrogens (tertiary/aromatic N) is 1. The lowest BCUT2D eigenvalue weighted by Crippen LogP contribution is -2.27. The Morgan fingerprint density at radius 2 is 1.85 bits per heavy atom. The highest BCUT2D eigenvalue weighted by Crippen LogP contribution is 2.36. The molecule has 34 heavy (non-hydrogen) atoms. The highest BCUT2D eigenvalue weighted by Gasteiger charge is 2.33. The second-order valence-electron chi connectivity index (χ2n) is 7.36. The van der Waals surface area contributed by atoms with E-state index in [0.29, 0.717) is 31.4 Å². The van der Waals surface area contributed by atoms with Crippen molar-refractivity contribution in [2.45, 2.75) is 6.92 Å². The average molecular weight is 574 g/mol. The SMILES string of the molecule is Cc1cc(NC(=O)COc2ccc(/C=C3\SC(=S)N(c4ccc(Cl)cc4)C3=O)cc2)ccc1Br. The molecule has 1 heterocycles. The monoisotopic (exact) mass is 572 g/mol. The minimum atomic E-state index is -0.253. The Hall–Kier alpha value is -2.65. The maximum atomic E-state index is 12.9. The number of thioether (sulfide) groups is 1. The number of carbonyl (C=O) groups is 2. The smallest absolute Gasteiger partial charge is 0.270 e. The largest absolute Gasteiger partial charge is 0.484 e. The van der Waals surface area contributed by atoms with Crippen LogP contribution in [0.15, 0.2) is 76.1 Å². The van der Waals surface area contributed by atoms with Gasteiger partial charge >= 0.3 is 0 Å². The van der Waals surface area contributed by atoms with Gasteiger partial charge in [0.25, 0.3) is 11.8 Å². The molecule has 3 aromatic carbocycles. The van der Waals surface area contributed by atoms with Crippen LogP contribution in [-0.2, 0) is 9.59 Å². The van der Waals surface area contributed by atoms with E-state index >= 15 is 0 Å². The van der Waals surface area contributed by atoms with E-state index in [9.17, 15) is 9.59 Å². The lowest BCUT2D eigenvalue weighted by molar-refractivity contribution is -0.118. The highest BCUT2D eigenvalue weighted by molar-refractivity contribution is 9.10. The van der Waals surface area contributed by atoms with Crippen molar-refractivity contribution in [1.29, 1.82) is 0 Å². The first-order valence-corrected chi connectivity index (χ1v) is 12.5. The summed E-state index contributed by atoms with van der Waals surface area (Å²) in [5.74, 6) is 0.113. The molecule has 2 amide bonds. The number of rotatable bonds is 6. The van der Waals surface area contributed by atoms with Crippen LogP contribution in [0, 0.1) is 6.92 Å². The topological polar surface area (TPSA) is 58.6 Å². The van der Waals surface area contributed by atoms with Crippen molar-refractivity contribution in [2.75, 3.05) is 16.8 Å². The number of thiocarbonyl (C=S) groups is 1. The van der Waals surface area contributed by atoms with E-state index < -0.39 is 0 Å². The summed E-state index contributed by atoms with van der Waals surface area (Å²) in [6, 6.07) is 19.7. The fourth-order valence-electron chi connectivity index (χ4n) is 3.16. The molecule has 0 atom stereocenters. The molecule has 5 nitrogen and oxygen atoms in total. The summed E-state index contributed by atoms with van der Waals surface area (Å²) in [5.41, 5.74) is 3.23. The van der Waals surface area contributed by atoms with Crippen molar-refractivity contribution in [3.05, 3.63) is 92.3 Å². The van der Waals surface area contributed by atoms with Crippen LogP contribution in [0.1, 0.15) is 11.1 Å². The Bertz CT molecular complexity index is 1290. The van der Waals surface area contributed by atoms with Gasteiger partial charge < -0.3 is 10.1 Å². The lowest BCUT2D eigenvalue weighted by atomic mass is 10.2. The number of carbonyl (C=O) groups excluding carboxylic acids is 2. The Morgan fingerprint density at radius 1 is 1.15 bits per heavy atom. The summed E-state index contributed by atoms with van der Waals surface area (Å²) in [5, 5.41) is 3.40. The summed E-state index contributed by atoms with van der Waals surface area (Å²) in [6.45, 7) is 1.84. The normalized spacial score (nSPS) is 14.6. The van der Waals surface area contributed by atoms with Crippen LogP contribution in [0.5, 0.6) is 5.75 Å². The highest BCUT2D eigenvalue weighted by atomic mass is 79.9. The van der Waals surface area contributed by atoms with E-state index in [1.54, 1.807) is 42.5 Å². The van der Waals surface area contributed by atoms with Crippen LogP contribution in [-0.4, -0.2) is 22.7 Å². The molecule has 1 N–H and O–H groups in total. The number of hydrogen-bond acceptors (Lipinski definition) is 5. The fourth-order valence-corrected chi connectivity index (χ4v) is 4.83. The molecule has 0 saturated carbocycles. The van der Waals surface area contributed by atoms with E-state index in [2.05, 4.69) is 21.2 Å².